The second kappa shape index (κ2) is 9.84. The van der Waals surface area contributed by atoms with Crippen LogP contribution in [-0.4, -0.2) is 31.3 Å². The summed E-state index contributed by atoms with van der Waals surface area (Å²) in [5.41, 5.74) is 5.70. The number of nitrogens with two attached hydrogens (primary N) is 1. The quantitative estimate of drug-likeness (QED) is 0.218. The number of imidazole rings is 1. The van der Waals surface area contributed by atoms with Gasteiger partial charge in [-0.1, -0.05) is 6.07 Å². The minimum atomic E-state index is -2.87. The lowest BCUT2D eigenvalue weighted by Gasteiger charge is -2.26. The number of fused-ring (bicyclic) bond motifs is 1. The van der Waals surface area contributed by atoms with Gasteiger partial charge in [-0.25, -0.2) is 13.8 Å². The molecule has 0 aliphatic carbocycles. The number of hydrogen-bond acceptors (Lipinski definition) is 4. The van der Waals surface area contributed by atoms with Crippen LogP contribution in [0.25, 0.3) is 5.65 Å². The van der Waals surface area contributed by atoms with E-state index in [-0.39, 0.29) is 42.2 Å². The van der Waals surface area contributed by atoms with Crippen LogP contribution in [0.5, 0.6) is 5.75 Å². The first kappa shape index (κ1) is 25.2. The van der Waals surface area contributed by atoms with E-state index in [2.05, 4.69) is 10.3 Å². The van der Waals surface area contributed by atoms with Gasteiger partial charge in [-0.3, -0.25) is 9.20 Å². The molecule has 1 unspecified atom stereocenters. The van der Waals surface area contributed by atoms with Gasteiger partial charge in [0.2, 0.25) is 0 Å². The lowest BCUT2D eigenvalue weighted by atomic mass is 9.97. The van der Waals surface area contributed by atoms with Gasteiger partial charge in [0.25, 0.3) is 9.84 Å². The molecule has 1 aromatic carbocycles. The molecule has 0 aliphatic rings. The largest absolute Gasteiger partial charge is 0.485 e. The number of carbonyl (C=O) groups is 1. The first-order valence-electron chi connectivity index (χ1n) is 10.1. The van der Waals surface area contributed by atoms with E-state index in [4.69, 9.17) is 10.5 Å². The normalized spacial score (nSPS) is 13.7. The van der Waals surface area contributed by atoms with Gasteiger partial charge in [-0.2, -0.15) is 8.78 Å². The number of hydrogen-bond donors (Lipinski definition) is 2. The summed E-state index contributed by atoms with van der Waals surface area (Å²) >= 11 is 1.06. The van der Waals surface area contributed by atoms with E-state index in [1.807, 2.05) is 0 Å². The number of carbonyl (C=O) groups excluding carboxylic acids is 1. The van der Waals surface area contributed by atoms with Crippen LogP contribution >= 0.6 is 22.6 Å². The van der Waals surface area contributed by atoms with E-state index >= 15 is 0 Å². The fourth-order valence-corrected chi connectivity index (χ4v) is 3.51. The molecular weight excluding hydrogens is 555 g/mol. The molecule has 0 bridgehead atoms. The number of halogens is 5. The molecular formula is C22H23F4IN4O2. The Morgan fingerprint density at radius 3 is 2.52 bits per heavy atom. The number of amides is 1. The number of pyridine rings is 1. The van der Waals surface area contributed by atoms with Gasteiger partial charge in [0, 0.05) is 24.7 Å². The molecule has 0 spiro atoms. The molecule has 0 saturated carbocycles. The van der Waals surface area contributed by atoms with Gasteiger partial charge >= 0.3 is 0 Å². The van der Waals surface area contributed by atoms with Gasteiger partial charge in [0.05, 0.1) is 11.3 Å². The lowest BCUT2D eigenvalue weighted by Crippen LogP contribution is -2.48. The molecule has 2 heterocycles. The molecule has 1 amide bonds. The molecule has 2 aromatic heterocycles. The van der Waals surface area contributed by atoms with Crippen molar-refractivity contribution in [2.45, 2.75) is 42.8 Å². The van der Waals surface area contributed by atoms with E-state index < -0.39 is 33.4 Å². The number of ether oxygens (including phenoxy) is 1. The predicted octanol–water partition coefficient (Wildman–Crippen LogP) is 4.76. The van der Waals surface area contributed by atoms with E-state index in [0.717, 1.165) is 34.7 Å². The molecule has 33 heavy (non-hydrogen) atoms. The zero-order valence-corrected chi connectivity index (χ0v) is 20.1. The molecule has 3 rings (SSSR count). The fourth-order valence-electron chi connectivity index (χ4n) is 3.24. The molecule has 0 aliphatic heterocycles. The number of nitrogens with one attached hydrogen (secondary N) is 1. The van der Waals surface area contributed by atoms with E-state index in [1.165, 1.54) is 10.5 Å². The summed E-state index contributed by atoms with van der Waals surface area (Å²) in [5.74, 6) is -1.72. The summed E-state index contributed by atoms with van der Waals surface area (Å²) in [6, 6.07) is 6.71. The SMILES string of the molecule is Cc1nc2c(OCc3c(F)cccc3F)cccn2c1C(=O)NCC(C)(N)CCC(F)(F)I. The summed E-state index contributed by atoms with van der Waals surface area (Å²) in [4.78, 5) is 17.2. The topological polar surface area (TPSA) is 81.7 Å². The second-order valence-corrected chi connectivity index (χ2v) is 9.63. The van der Waals surface area contributed by atoms with Gasteiger partial charge in [0.15, 0.2) is 11.4 Å². The van der Waals surface area contributed by atoms with Crippen LogP contribution in [0.3, 0.4) is 0 Å². The number of aromatic nitrogens is 2. The number of nitrogens with zero attached hydrogens (tertiary/aromatic N) is 2. The van der Waals surface area contributed by atoms with Crippen molar-refractivity contribution in [2.75, 3.05) is 6.54 Å². The van der Waals surface area contributed by atoms with Crippen LogP contribution in [0.2, 0.25) is 0 Å². The van der Waals surface area contributed by atoms with Gasteiger partial charge in [-0.15, -0.1) is 0 Å². The number of rotatable bonds is 9. The molecule has 0 fully saturated rings. The molecule has 3 N–H and O–H groups in total. The maximum Gasteiger partial charge on any atom is 0.296 e. The molecule has 0 radical (unpaired) electrons. The van der Waals surface area contributed by atoms with Crippen molar-refractivity contribution in [3.8, 4) is 5.75 Å². The van der Waals surface area contributed by atoms with Crippen molar-refractivity contribution in [1.29, 1.82) is 0 Å². The summed E-state index contributed by atoms with van der Waals surface area (Å²) in [6.45, 7) is 2.83. The maximum absolute atomic E-state index is 13.9. The Balaban J connectivity index is 1.77. The Hall–Kier alpha value is -2.41. The fraction of sp³-hybridized carbons (Fsp3) is 0.364. The van der Waals surface area contributed by atoms with E-state index in [1.54, 1.807) is 32.2 Å². The van der Waals surface area contributed by atoms with Crippen molar-refractivity contribution in [2.24, 2.45) is 5.73 Å². The molecule has 178 valence electrons. The summed E-state index contributed by atoms with van der Waals surface area (Å²) in [5, 5.41) is 2.67. The zero-order valence-electron chi connectivity index (χ0n) is 18.0. The minimum Gasteiger partial charge on any atom is -0.485 e. The predicted molar refractivity (Wildman–Crippen MR) is 124 cm³/mol. The number of benzene rings is 1. The van der Waals surface area contributed by atoms with Crippen molar-refractivity contribution in [1.82, 2.24) is 14.7 Å². The van der Waals surface area contributed by atoms with Gasteiger partial charge in [-0.05, 0) is 67.1 Å². The molecule has 1 atom stereocenters. The summed E-state index contributed by atoms with van der Waals surface area (Å²) in [6.07, 6.45) is 1.20. The Morgan fingerprint density at radius 2 is 1.88 bits per heavy atom. The highest BCUT2D eigenvalue weighted by atomic mass is 127. The molecule has 11 heteroatoms. The number of alkyl halides is 3. The van der Waals surface area contributed by atoms with Crippen LogP contribution in [-0.2, 0) is 6.61 Å². The minimum absolute atomic E-state index is 0.0138. The third-order valence-electron chi connectivity index (χ3n) is 5.07. The van der Waals surface area contributed by atoms with Crippen molar-refractivity contribution < 1.29 is 27.1 Å². The van der Waals surface area contributed by atoms with Crippen molar-refractivity contribution in [3.63, 3.8) is 0 Å². The third kappa shape index (κ3) is 6.34. The highest BCUT2D eigenvalue weighted by molar-refractivity contribution is 14.1. The van der Waals surface area contributed by atoms with Crippen LogP contribution < -0.4 is 15.8 Å². The zero-order chi connectivity index (χ0) is 24.4. The second-order valence-electron chi connectivity index (χ2n) is 8.05. The molecule has 3 aromatic rings. The number of aryl methyl sites for hydroxylation is 1. The monoisotopic (exact) mass is 578 g/mol. The van der Waals surface area contributed by atoms with Crippen molar-refractivity contribution >= 4 is 34.1 Å². The maximum atomic E-state index is 13.9. The van der Waals surface area contributed by atoms with Crippen LogP contribution in [0, 0.1) is 18.6 Å². The summed E-state index contributed by atoms with van der Waals surface area (Å²) in [7, 11) is 0. The molecule has 0 saturated heterocycles. The Morgan fingerprint density at radius 1 is 1.21 bits per heavy atom. The Labute approximate surface area is 201 Å². The first-order chi connectivity index (χ1) is 15.4. The van der Waals surface area contributed by atoms with Crippen LogP contribution in [0.15, 0.2) is 36.5 Å². The standard InChI is InChI=1S/C22H23F4IN4O2/c1-13-18(20(32)29-12-21(2,28)8-9-22(25,26)27)31-10-4-7-17(19(31)30-13)33-11-14-15(23)5-3-6-16(14)24/h3-7,10H,8-9,11-12,28H2,1-2H3,(H,29,32). The highest BCUT2D eigenvalue weighted by Crippen LogP contribution is 2.30. The van der Waals surface area contributed by atoms with E-state index in [9.17, 15) is 22.4 Å². The first-order valence-corrected chi connectivity index (χ1v) is 11.1. The van der Waals surface area contributed by atoms with Crippen LogP contribution in [0.4, 0.5) is 17.6 Å². The lowest BCUT2D eigenvalue weighted by molar-refractivity contribution is 0.0921. The third-order valence-corrected chi connectivity index (χ3v) is 5.61. The Bertz CT molecular complexity index is 1140. The average molecular weight is 578 g/mol. The average Bonchev–Trinajstić information content (AvgIpc) is 3.06. The van der Waals surface area contributed by atoms with Gasteiger partial charge in [0.1, 0.15) is 23.9 Å². The highest BCUT2D eigenvalue weighted by Gasteiger charge is 2.30. The Kier molecular flexibility index (Phi) is 7.52. The molecule has 6 nitrogen and oxygen atoms in total. The summed E-state index contributed by atoms with van der Waals surface area (Å²) < 4.78 is 58.3. The smallest absolute Gasteiger partial charge is 0.296 e. The van der Waals surface area contributed by atoms with Crippen LogP contribution in [0.1, 0.15) is 41.5 Å². The van der Waals surface area contributed by atoms with Gasteiger partial charge < -0.3 is 15.8 Å². The van der Waals surface area contributed by atoms with E-state index in [0.29, 0.717) is 5.69 Å². The van der Waals surface area contributed by atoms with Crippen molar-refractivity contribution in [3.05, 3.63) is 65.1 Å².